The highest BCUT2D eigenvalue weighted by molar-refractivity contribution is 7.89. The van der Waals surface area contributed by atoms with Crippen LogP contribution in [0, 0.1) is 11.6 Å². The van der Waals surface area contributed by atoms with Crippen molar-refractivity contribution in [1.29, 1.82) is 0 Å². The van der Waals surface area contributed by atoms with Crippen molar-refractivity contribution in [3.8, 4) is 0 Å². The summed E-state index contributed by atoms with van der Waals surface area (Å²) in [4.78, 5) is 12.2. The molecule has 0 saturated carbocycles. The van der Waals surface area contributed by atoms with Gasteiger partial charge in [0.1, 0.15) is 0 Å². The average molecular weight is 368 g/mol. The Balaban J connectivity index is 2.29. The van der Waals surface area contributed by atoms with Crippen molar-refractivity contribution in [3.63, 3.8) is 0 Å². The van der Waals surface area contributed by atoms with Crippen molar-refractivity contribution in [1.82, 2.24) is 4.31 Å². The average Bonchev–Trinajstić information content (AvgIpc) is 2.57. The number of nitrogens with one attached hydrogen (secondary N) is 1. The maximum Gasteiger partial charge on any atom is 0.255 e. The lowest BCUT2D eigenvalue weighted by Gasteiger charge is -2.21. The largest absolute Gasteiger partial charge is 0.322 e. The third-order valence-electron chi connectivity index (χ3n) is 3.68. The summed E-state index contributed by atoms with van der Waals surface area (Å²) in [5.74, 6) is -2.74. The van der Waals surface area contributed by atoms with Gasteiger partial charge in [-0.2, -0.15) is 4.31 Å². The van der Waals surface area contributed by atoms with Crippen LogP contribution in [-0.4, -0.2) is 31.7 Å². The van der Waals surface area contributed by atoms with E-state index in [-0.39, 0.29) is 22.2 Å². The number of benzene rings is 2. The molecular formula is C17H18F2N2O3S. The molecule has 0 radical (unpaired) electrons. The van der Waals surface area contributed by atoms with Crippen molar-refractivity contribution in [2.75, 3.05) is 12.4 Å². The minimum absolute atomic E-state index is 0.0263. The second-order valence-corrected chi connectivity index (χ2v) is 7.72. The van der Waals surface area contributed by atoms with Gasteiger partial charge in [-0.15, -0.1) is 0 Å². The molecule has 0 spiro atoms. The Bertz CT molecular complexity index is 899. The molecule has 25 heavy (non-hydrogen) atoms. The fourth-order valence-corrected chi connectivity index (χ4v) is 3.43. The fourth-order valence-electron chi connectivity index (χ4n) is 2.02. The number of rotatable bonds is 5. The van der Waals surface area contributed by atoms with Gasteiger partial charge in [0.2, 0.25) is 10.0 Å². The van der Waals surface area contributed by atoms with Crippen LogP contribution in [0.25, 0.3) is 0 Å². The SMILES string of the molecule is CC(C)N(C)S(=O)(=O)c1cccc(C(=O)Nc2ccc(F)c(F)c2)c1. The summed E-state index contributed by atoms with van der Waals surface area (Å²) >= 11 is 0. The first kappa shape index (κ1) is 19.0. The number of sulfonamides is 1. The van der Waals surface area contributed by atoms with Crippen LogP contribution < -0.4 is 5.32 Å². The lowest BCUT2D eigenvalue weighted by atomic mass is 10.2. The summed E-state index contributed by atoms with van der Waals surface area (Å²) < 4.78 is 52.3. The summed E-state index contributed by atoms with van der Waals surface area (Å²) in [6.07, 6.45) is 0. The van der Waals surface area contributed by atoms with Gasteiger partial charge in [0.05, 0.1) is 4.90 Å². The number of carbonyl (C=O) groups is 1. The standard InChI is InChI=1S/C17H18F2N2O3S/c1-11(2)21(3)25(23,24)14-6-4-5-12(9-14)17(22)20-13-7-8-15(18)16(19)10-13/h4-11H,1-3H3,(H,20,22). The van der Waals surface area contributed by atoms with E-state index < -0.39 is 27.6 Å². The molecule has 0 aliphatic rings. The summed E-state index contributed by atoms with van der Waals surface area (Å²) in [6, 6.07) is 8.22. The van der Waals surface area contributed by atoms with Crippen LogP contribution in [0.4, 0.5) is 14.5 Å². The molecule has 0 saturated heterocycles. The number of anilines is 1. The maximum absolute atomic E-state index is 13.2. The zero-order valence-corrected chi connectivity index (χ0v) is 14.8. The van der Waals surface area contributed by atoms with Gasteiger partial charge in [0.25, 0.3) is 5.91 Å². The van der Waals surface area contributed by atoms with Crippen molar-refractivity contribution >= 4 is 21.6 Å². The minimum atomic E-state index is -3.74. The summed E-state index contributed by atoms with van der Waals surface area (Å²) in [7, 11) is -2.28. The maximum atomic E-state index is 13.2. The Morgan fingerprint density at radius 1 is 1.08 bits per heavy atom. The van der Waals surface area contributed by atoms with Crippen LogP contribution in [-0.2, 0) is 10.0 Å². The predicted molar refractivity (Wildman–Crippen MR) is 90.8 cm³/mol. The molecule has 0 bridgehead atoms. The number of amides is 1. The molecule has 0 aliphatic heterocycles. The number of carbonyl (C=O) groups excluding carboxylic acids is 1. The summed E-state index contributed by atoms with van der Waals surface area (Å²) in [6.45, 7) is 3.47. The lowest BCUT2D eigenvalue weighted by Crippen LogP contribution is -2.33. The molecule has 0 aromatic heterocycles. The Hall–Kier alpha value is -2.32. The molecular weight excluding hydrogens is 350 g/mol. The highest BCUT2D eigenvalue weighted by Crippen LogP contribution is 2.19. The third-order valence-corrected chi connectivity index (χ3v) is 5.71. The lowest BCUT2D eigenvalue weighted by molar-refractivity contribution is 0.102. The van der Waals surface area contributed by atoms with E-state index in [0.29, 0.717) is 0 Å². The third kappa shape index (κ3) is 4.21. The van der Waals surface area contributed by atoms with Gasteiger partial charge in [-0.05, 0) is 44.2 Å². The molecule has 0 fully saturated rings. The van der Waals surface area contributed by atoms with Crippen LogP contribution in [0.5, 0.6) is 0 Å². The van der Waals surface area contributed by atoms with Crippen molar-refractivity contribution in [2.45, 2.75) is 24.8 Å². The van der Waals surface area contributed by atoms with Gasteiger partial charge >= 0.3 is 0 Å². The van der Waals surface area contributed by atoms with Crippen molar-refractivity contribution in [3.05, 3.63) is 59.7 Å². The van der Waals surface area contributed by atoms with E-state index in [9.17, 15) is 22.0 Å². The molecule has 2 rings (SSSR count). The number of halogens is 2. The van der Waals surface area contributed by atoms with Gasteiger partial charge in [0, 0.05) is 30.4 Å². The smallest absolute Gasteiger partial charge is 0.255 e. The topological polar surface area (TPSA) is 66.5 Å². The van der Waals surface area contributed by atoms with Gasteiger partial charge in [-0.3, -0.25) is 4.79 Å². The number of hydrogen-bond acceptors (Lipinski definition) is 3. The van der Waals surface area contributed by atoms with Gasteiger partial charge in [-0.25, -0.2) is 17.2 Å². The normalized spacial score (nSPS) is 11.8. The molecule has 0 atom stereocenters. The highest BCUT2D eigenvalue weighted by atomic mass is 32.2. The van der Waals surface area contributed by atoms with E-state index in [0.717, 1.165) is 12.1 Å². The first-order valence-electron chi connectivity index (χ1n) is 7.47. The minimum Gasteiger partial charge on any atom is -0.322 e. The molecule has 0 heterocycles. The second-order valence-electron chi connectivity index (χ2n) is 5.73. The molecule has 5 nitrogen and oxygen atoms in total. The quantitative estimate of drug-likeness (QED) is 0.881. The zero-order valence-electron chi connectivity index (χ0n) is 14.0. The Morgan fingerprint density at radius 2 is 1.76 bits per heavy atom. The van der Waals surface area contributed by atoms with Gasteiger partial charge in [-0.1, -0.05) is 6.07 Å². The number of hydrogen-bond donors (Lipinski definition) is 1. The Morgan fingerprint density at radius 3 is 2.36 bits per heavy atom. The molecule has 1 N–H and O–H groups in total. The van der Waals surface area contributed by atoms with E-state index in [4.69, 9.17) is 0 Å². The molecule has 1 amide bonds. The molecule has 134 valence electrons. The van der Waals surface area contributed by atoms with Crippen molar-refractivity contribution in [2.24, 2.45) is 0 Å². The molecule has 2 aromatic rings. The van der Waals surface area contributed by atoms with Crippen LogP contribution in [0.2, 0.25) is 0 Å². The van der Waals surface area contributed by atoms with Crippen LogP contribution in [0.15, 0.2) is 47.4 Å². The first-order valence-corrected chi connectivity index (χ1v) is 8.91. The Labute approximate surface area is 145 Å². The monoisotopic (exact) mass is 368 g/mol. The Kier molecular flexibility index (Phi) is 5.54. The van der Waals surface area contributed by atoms with E-state index in [1.165, 1.54) is 41.7 Å². The van der Waals surface area contributed by atoms with E-state index in [2.05, 4.69) is 5.32 Å². The van der Waals surface area contributed by atoms with Gasteiger partial charge < -0.3 is 5.32 Å². The van der Waals surface area contributed by atoms with E-state index in [1.54, 1.807) is 13.8 Å². The molecule has 0 unspecified atom stereocenters. The van der Waals surface area contributed by atoms with Crippen LogP contribution >= 0.6 is 0 Å². The van der Waals surface area contributed by atoms with Gasteiger partial charge in [0.15, 0.2) is 11.6 Å². The summed E-state index contributed by atoms with van der Waals surface area (Å²) in [5, 5.41) is 2.40. The summed E-state index contributed by atoms with van der Waals surface area (Å²) in [5.41, 5.74) is 0.152. The molecule has 8 heteroatoms. The fraction of sp³-hybridized carbons (Fsp3) is 0.235. The first-order chi connectivity index (χ1) is 11.6. The van der Waals surface area contributed by atoms with Crippen LogP contribution in [0.3, 0.4) is 0 Å². The number of nitrogens with zero attached hydrogens (tertiary/aromatic N) is 1. The van der Waals surface area contributed by atoms with E-state index in [1.807, 2.05) is 0 Å². The molecule has 2 aromatic carbocycles. The van der Waals surface area contributed by atoms with E-state index >= 15 is 0 Å². The zero-order chi connectivity index (χ0) is 18.8. The van der Waals surface area contributed by atoms with Crippen LogP contribution in [0.1, 0.15) is 24.2 Å². The second kappa shape index (κ2) is 7.28. The highest BCUT2D eigenvalue weighted by Gasteiger charge is 2.24. The van der Waals surface area contributed by atoms with Crippen molar-refractivity contribution < 1.29 is 22.0 Å². The molecule has 0 aliphatic carbocycles. The predicted octanol–water partition coefficient (Wildman–Crippen LogP) is 3.25.